The van der Waals surface area contributed by atoms with Crippen LogP contribution < -0.4 is 4.48 Å². The predicted molar refractivity (Wildman–Crippen MR) is 60.8 cm³/mol. The van der Waals surface area contributed by atoms with Crippen LogP contribution in [0.5, 0.6) is 0 Å². The van der Waals surface area contributed by atoms with Crippen LogP contribution in [-0.2, 0) is 0 Å². The molecule has 0 atom stereocenters. The van der Waals surface area contributed by atoms with E-state index in [0.717, 1.165) is 12.8 Å². The van der Waals surface area contributed by atoms with E-state index >= 15 is 0 Å². The van der Waals surface area contributed by atoms with Crippen molar-refractivity contribution >= 4 is 44.0 Å². The van der Waals surface area contributed by atoms with Gasteiger partial charge in [0.2, 0.25) is 0 Å². The minimum absolute atomic E-state index is 0.168. The Morgan fingerprint density at radius 3 is 2.81 bits per heavy atom. The van der Waals surface area contributed by atoms with Crippen LogP contribution in [0.25, 0.3) is 11.0 Å². The van der Waals surface area contributed by atoms with Crippen molar-refractivity contribution in [3.8, 4) is 0 Å². The zero-order valence-corrected chi connectivity index (χ0v) is 11.0. The molecule has 1 aliphatic rings. The van der Waals surface area contributed by atoms with Crippen LogP contribution in [0.2, 0.25) is 5.28 Å². The first-order valence-corrected chi connectivity index (χ1v) is 6.41. The molecule has 2 aromatic rings. The fourth-order valence-electron chi connectivity index (χ4n) is 2.00. The molecule has 0 N–H and O–H groups in total. The van der Waals surface area contributed by atoms with E-state index in [4.69, 9.17) is 11.6 Å². The van der Waals surface area contributed by atoms with E-state index in [-0.39, 0.29) is 11.1 Å². The molecule has 0 spiro atoms. The van der Waals surface area contributed by atoms with Gasteiger partial charge in [0, 0.05) is 0 Å². The molecule has 2 aromatic heterocycles. The molecule has 2 heterocycles. The average molecular weight is 300 g/mol. The molecule has 82 valence electrons. The molecule has 0 saturated heterocycles. The molecule has 2 radical (unpaired) electrons. The van der Waals surface area contributed by atoms with Crippen molar-refractivity contribution in [1.82, 2.24) is 14.5 Å². The summed E-state index contributed by atoms with van der Waals surface area (Å²) in [7, 11) is 0. The van der Waals surface area contributed by atoms with E-state index in [9.17, 15) is 4.39 Å². The van der Waals surface area contributed by atoms with Crippen LogP contribution in [-0.4, -0.2) is 31.4 Å². The number of hydrogen-bond acceptors (Lipinski definition) is 2. The summed E-state index contributed by atoms with van der Waals surface area (Å²) in [6.07, 6.45) is 4.87. The van der Waals surface area contributed by atoms with Gasteiger partial charge in [-0.15, -0.1) is 0 Å². The van der Waals surface area contributed by atoms with Gasteiger partial charge >= 0.3 is 105 Å². The molecule has 0 aromatic carbocycles. The van der Waals surface area contributed by atoms with Gasteiger partial charge < -0.3 is 0 Å². The SMILES string of the molecule is Fc1cn(C2CCC2)c2nc(Cl)nc([As])c12. The van der Waals surface area contributed by atoms with Crippen molar-refractivity contribution in [2.24, 2.45) is 0 Å². The molecular formula is C10H8AsClFN3. The number of rotatable bonds is 1. The van der Waals surface area contributed by atoms with Gasteiger partial charge in [-0.2, -0.15) is 0 Å². The molecule has 6 heteroatoms. The summed E-state index contributed by atoms with van der Waals surface area (Å²) < 4.78 is 16.2. The zero-order valence-electron chi connectivity index (χ0n) is 8.32. The number of aromatic nitrogens is 3. The van der Waals surface area contributed by atoms with Gasteiger partial charge in [0.05, 0.1) is 0 Å². The maximum absolute atomic E-state index is 13.8. The van der Waals surface area contributed by atoms with Crippen LogP contribution in [0.15, 0.2) is 6.20 Å². The minimum atomic E-state index is -0.269. The first-order chi connectivity index (χ1) is 7.66. The fraction of sp³-hybridized carbons (Fsp3) is 0.400. The maximum atomic E-state index is 13.8. The number of halogens is 2. The molecule has 3 nitrogen and oxygen atoms in total. The van der Waals surface area contributed by atoms with Crippen molar-refractivity contribution in [3.05, 3.63) is 17.3 Å². The van der Waals surface area contributed by atoms with Gasteiger partial charge in [-0.1, -0.05) is 0 Å². The molecule has 0 unspecified atom stereocenters. The molecule has 1 fully saturated rings. The van der Waals surface area contributed by atoms with Crippen LogP contribution >= 0.6 is 11.6 Å². The van der Waals surface area contributed by atoms with Crippen LogP contribution in [0.3, 0.4) is 0 Å². The Kier molecular flexibility index (Phi) is 2.44. The first kappa shape index (κ1) is 10.5. The summed E-state index contributed by atoms with van der Waals surface area (Å²) >= 11 is 8.04. The van der Waals surface area contributed by atoms with Crippen LogP contribution in [0.4, 0.5) is 4.39 Å². The summed E-state index contributed by atoms with van der Waals surface area (Å²) in [5.74, 6) is -0.269. The molecule has 3 rings (SSSR count). The molecule has 1 saturated carbocycles. The van der Waals surface area contributed by atoms with E-state index in [2.05, 4.69) is 26.8 Å². The summed E-state index contributed by atoms with van der Waals surface area (Å²) in [5, 5.41) is 0.637. The molecule has 0 aliphatic heterocycles. The van der Waals surface area contributed by atoms with Gasteiger partial charge in [0.25, 0.3) is 0 Å². The quantitative estimate of drug-likeness (QED) is 0.593. The van der Waals surface area contributed by atoms with E-state index in [0.29, 0.717) is 21.6 Å². The summed E-state index contributed by atoms with van der Waals surface area (Å²) in [6, 6.07) is 0.366. The van der Waals surface area contributed by atoms with Gasteiger partial charge in [-0.3, -0.25) is 0 Å². The van der Waals surface area contributed by atoms with E-state index in [1.807, 2.05) is 4.57 Å². The Morgan fingerprint density at radius 1 is 1.44 bits per heavy atom. The normalized spacial score (nSPS) is 16.7. The predicted octanol–water partition coefficient (Wildman–Crippen LogP) is 1.74. The van der Waals surface area contributed by atoms with Crippen molar-refractivity contribution < 1.29 is 4.39 Å². The molecule has 0 amide bonds. The molecular weight excluding hydrogens is 292 g/mol. The fourth-order valence-corrected chi connectivity index (χ4v) is 2.93. The Balaban J connectivity index is 2.29. The molecule has 16 heavy (non-hydrogen) atoms. The third-order valence-corrected chi connectivity index (χ3v) is 3.90. The van der Waals surface area contributed by atoms with Gasteiger partial charge in [-0.25, -0.2) is 0 Å². The van der Waals surface area contributed by atoms with Crippen molar-refractivity contribution in [2.75, 3.05) is 0 Å². The van der Waals surface area contributed by atoms with Crippen molar-refractivity contribution in [2.45, 2.75) is 25.3 Å². The number of nitrogens with zero attached hydrogens (tertiary/aromatic N) is 3. The van der Waals surface area contributed by atoms with Gasteiger partial charge in [0.15, 0.2) is 0 Å². The van der Waals surface area contributed by atoms with Gasteiger partial charge in [-0.05, 0) is 0 Å². The van der Waals surface area contributed by atoms with Gasteiger partial charge in [0.1, 0.15) is 0 Å². The summed E-state index contributed by atoms with van der Waals surface area (Å²) in [4.78, 5) is 8.08. The second kappa shape index (κ2) is 3.71. The van der Waals surface area contributed by atoms with Crippen molar-refractivity contribution in [3.63, 3.8) is 0 Å². The van der Waals surface area contributed by atoms with E-state index < -0.39 is 0 Å². The summed E-state index contributed by atoms with van der Waals surface area (Å²) in [5.41, 5.74) is 0.609. The molecule has 0 bridgehead atoms. The van der Waals surface area contributed by atoms with E-state index in [1.165, 1.54) is 12.6 Å². The Bertz CT molecular complexity index is 565. The second-order valence-electron chi connectivity index (χ2n) is 3.98. The topological polar surface area (TPSA) is 30.7 Å². The monoisotopic (exact) mass is 299 g/mol. The first-order valence-electron chi connectivity index (χ1n) is 5.09. The van der Waals surface area contributed by atoms with Crippen LogP contribution in [0, 0.1) is 5.82 Å². The number of hydrogen-bond donors (Lipinski definition) is 0. The van der Waals surface area contributed by atoms with Crippen molar-refractivity contribution in [1.29, 1.82) is 0 Å². The zero-order chi connectivity index (χ0) is 11.3. The van der Waals surface area contributed by atoms with E-state index in [1.54, 1.807) is 0 Å². The third kappa shape index (κ3) is 1.47. The Morgan fingerprint density at radius 2 is 2.19 bits per heavy atom. The number of fused-ring (bicyclic) bond motifs is 1. The summed E-state index contributed by atoms with van der Waals surface area (Å²) in [6.45, 7) is 0. The Hall–Kier alpha value is -0.602. The standard InChI is InChI=1S/C10H8AsClFN3/c11-8-7-6(13)4-16(5-2-1-3-5)9(7)15-10(12)14-8/h4-5H,1-3H2. The second-order valence-corrected chi connectivity index (χ2v) is 5.21. The molecule has 1 aliphatic carbocycles. The average Bonchev–Trinajstić information content (AvgIpc) is 2.40. The van der Waals surface area contributed by atoms with Crippen LogP contribution in [0.1, 0.15) is 25.3 Å². The Labute approximate surface area is 106 Å². The third-order valence-electron chi connectivity index (χ3n) is 3.05.